The summed E-state index contributed by atoms with van der Waals surface area (Å²) in [5, 5.41) is 0. The van der Waals surface area contributed by atoms with Gasteiger partial charge in [-0.1, -0.05) is 11.6 Å². The van der Waals surface area contributed by atoms with E-state index in [9.17, 15) is 0 Å². The second kappa shape index (κ2) is 4.04. The highest BCUT2D eigenvalue weighted by Gasteiger charge is 2.11. The Hall–Kier alpha value is 0.0500. The zero-order chi connectivity index (χ0) is 7.40. The molecule has 1 aliphatic heterocycles. The van der Waals surface area contributed by atoms with Gasteiger partial charge in [0.25, 0.3) is 0 Å². The Kier molecular flexibility index (Phi) is 3.29. The van der Waals surface area contributed by atoms with Crippen molar-refractivity contribution in [3.8, 4) is 0 Å². The van der Waals surface area contributed by atoms with E-state index in [1.807, 2.05) is 11.8 Å². The first-order chi connectivity index (χ1) is 4.83. The van der Waals surface area contributed by atoms with Crippen molar-refractivity contribution in [3.63, 3.8) is 0 Å². The van der Waals surface area contributed by atoms with E-state index in [-0.39, 0.29) is 0 Å². The third-order valence-corrected chi connectivity index (χ3v) is 3.00. The van der Waals surface area contributed by atoms with Crippen molar-refractivity contribution in [1.29, 1.82) is 0 Å². The largest absolute Gasteiger partial charge is 0.327 e. The molecule has 2 heteroatoms. The fourth-order valence-electron chi connectivity index (χ4n) is 1.15. The van der Waals surface area contributed by atoms with Crippen molar-refractivity contribution in [2.75, 3.05) is 18.1 Å². The molecular formula is C8H15NS. The molecule has 10 heavy (non-hydrogen) atoms. The van der Waals surface area contributed by atoms with Crippen LogP contribution in [-0.2, 0) is 0 Å². The molecule has 0 aromatic rings. The van der Waals surface area contributed by atoms with Crippen LogP contribution in [0.4, 0.5) is 0 Å². The second-order valence-corrected chi connectivity index (χ2v) is 3.99. The fraction of sp³-hybridized carbons (Fsp3) is 0.750. The van der Waals surface area contributed by atoms with E-state index in [2.05, 4.69) is 13.0 Å². The molecule has 0 amide bonds. The zero-order valence-corrected chi connectivity index (χ0v) is 7.29. The number of thioether (sulfide) groups is 1. The van der Waals surface area contributed by atoms with Crippen LogP contribution in [0.2, 0.25) is 0 Å². The third-order valence-electron chi connectivity index (χ3n) is 1.81. The smallest absolute Gasteiger partial charge is 0.0134 e. The van der Waals surface area contributed by atoms with Gasteiger partial charge >= 0.3 is 0 Å². The summed E-state index contributed by atoms with van der Waals surface area (Å²) in [5.74, 6) is 3.45. The third kappa shape index (κ3) is 2.35. The van der Waals surface area contributed by atoms with Crippen molar-refractivity contribution in [2.24, 2.45) is 11.7 Å². The van der Waals surface area contributed by atoms with Gasteiger partial charge in [-0.25, -0.2) is 0 Å². The van der Waals surface area contributed by atoms with Crippen molar-refractivity contribution < 1.29 is 0 Å². The number of nitrogens with two attached hydrogens (primary N) is 1. The van der Waals surface area contributed by atoms with Crippen LogP contribution < -0.4 is 5.73 Å². The summed E-state index contributed by atoms with van der Waals surface area (Å²) in [7, 11) is 0. The molecule has 0 spiro atoms. The molecule has 2 N–H and O–H groups in total. The molecular weight excluding hydrogens is 142 g/mol. The first-order valence-electron chi connectivity index (χ1n) is 3.78. The van der Waals surface area contributed by atoms with Crippen LogP contribution in [0.5, 0.6) is 0 Å². The molecule has 1 atom stereocenters. The van der Waals surface area contributed by atoms with Gasteiger partial charge in [0.2, 0.25) is 0 Å². The summed E-state index contributed by atoms with van der Waals surface area (Å²) in [5.41, 5.74) is 6.82. The Balaban J connectivity index is 2.34. The number of rotatable bonds is 2. The van der Waals surface area contributed by atoms with Crippen LogP contribution in [0, 0.1) is 5.92 Å². The van der Waals surface area contributed by atoms with E-state index < -0.39 is 0 Å². The van der Waals surface area contributed by atoms with Crippen molar-refractivity contribution >= 4 is 11.8 Å². The van der Waals surface area contributed by atoms with E-state index in [0.717, 1.165) is 12.5 Å². The van der Waals surface area contributed by atoms with E-state index in [1.165, 1.54) is 23.5 Å². The van der Waals surface area contributed by atoms with Crippen LogP contribution in [0.15, 0.2) is 11.6 Å². The molecule has 58 valence electrons. The summed E-state index contributed by atoms with van der Waals surface area (Å²) in [4.78, 5) is 0. The molecule has 1 rings (SSSR count). The summed E-state index contributed by atoms with van der Waals surface area (Å²) in [6, 6.07) is 0. The minimum absolute atomic E-state index is 0.723. The highest BCUT2D eigenvalue weighted by Crippen LogP contribution is 2.24. The van der Waals surface area contributed by atoms with Gasteiger partial charge in [0.05, 0.1) is 0 Å². The molecule has 1 aliphatic rings. The minimum atomic E-state index is 0.723. The topological polar surface area (TPSA) is 26.0 Å². The molecule has 0 saturated carbocycles. The molecule has 1 heterocycles. The number of hydrogen-bond donors (Lipinski definition) is 1. The average molecular weight is 157 g/mol. The molecule has 0 aromatic carbocycles. The zero-order valence-electron chi connectivity index (χ0n) is 6.47. The van der Waals surface area contributed by atoms with E-state index >= 15 is 0 Å². The van der Waals surface area contributed by atoms with Crippen LogP contribution in [0.3, 0.4) is 0 Å². The second-order valence-electron chi connectivity index (χ2n) is 2.84. The first kappa shape index (κ1) is 8.15. The van der Waals surface area contributed by atoms with E-state index in [1.54, 1.807) is 0 Å². The highest BCUT2D eigenvalue weighted by molar-refractivity contribution is 7.99. The van der Waals surface area contributed by atoms with Gasteiger partial charge in [-0.15, -0.1) is 0 Å². The molecule has 1 fully saturated rings. The molecule has 1 unspecified atom stereocenters. The average Bonchev–Trinajstić information content (AvgIpc) is 2.40. The lowest BCUT2D eigenvalue weighted by Crippen LogP contribution is -2.02. The van der Waals surface area contributed by atoms with Crippen LogP contribution >= 0.6 is 11.8 Å². The molecule has 0 aromatic heterocycles. The first-order valence-corrected chi connectivity index (χ1v) is 4.93. The van der Waals surface area contributed by atoms with E-state index in [0.29, 0.717) is 0 Å². The summed E-state index contributed by atoms with van der Waals surface area (Å²) < 4.78 is 0. The maximum absolute atomic E-state index is 5.48. The monoisotopic (exact) mass is 157 g/mol. The van der Waals surface area contributed by atoms with Crippen molar-refractivity contribution in [2.45, 2.75) is 13.3 Å². The van der Waals surface area contributed by atoms with Gasteiger partial charge in [0.1, 0.15) is 0 Å². The van der Waals surface area contributed by atoms with Crippen molar-refractivity contribution in [3.05, 3.63) is 11.6 Å². The highest BCUT2D eigenvalue weighted by atomic mass is 32.2. The van der Waals surface area contributed by atoms with Gasteiger partial charge in [0.15, 0.2) is 0 Å². The lowest BCUT2D eigenvalue weighted by molar-refractivity contribution is 0.738. The van der Waals surface area contributed by atoms with E-state index in [4.69, 9.17) is 5.73 Å². The van der Waals surface area contributed by atoms with Gasteiger partial charge in [-0.3, -0.25) is 0 Å². The number of allylic oxidation sites excluding steroid dienone is 1. The summed E-state index contributed by atoms with van der Waals surface area (Å²) in [6.07, 6.45) is 3.68. The Labute approximate surface area is 67.1 Å². The summed E-state index contributed by atoms with van der Waals surface area (Å²) in [6.45, 7) is 2.84. The Morgan fingerprint density at radius 1 is 1.80 bits per heavy atom. The standard InChI is InChI=1S/C8H15NS/c1-7(5-9)4-8-2-3-10-6-8/h4,8H,2-3,5-6,9H2,1H3. The molecule has 1 saturated heterocycles. The Morgan fingerprint density at radius 2 is 2.60 bits per heavy atom. The van der Waals surface area contributed by atoms with Gasteiger partial charge in [-0.2, -0.15) is 11.8 Å². The summed E-state index contributed by atoms with van der Waals surface area (Å²) >= 11 is 2.05. The lowest BCUT2D eigenvalue weighted by Gasteiger charge is -2.01. The molecule has 0 bridgehead atoms. The van der Waals surface area contributed by atoms with Crippen molar-refractivity contribution in [1.82, 2.24) is 0 Å². The Bertz CT molecular complexity index is 125. The van der Waals surface area contributed by atoms with Crippen LogP contribution in [0.1, 0.15) is 13.3 Å². The Morgan fingerprint density at radius 3 is 3.10 bits per heavy atom. The quantitative estimate of drug-likeness (QED) is 0.617. The predicted octanol–water partition coefficient (Wildman–Crippen LogP) is 1.64. The van der Waals surface area contributed by atoms with Gasteiger partial charge < -0.3 is 5.73 Å². The maximum Gasteiger partial charge on any atom is 0.0134 e. The SMILES string of the molecule is CC(=CC1CCSC1)CN. The maximum atomic E-state index is 5.48. The van der Waals surface area contributed by atoms with Crippen LogP contribution in [-0.4, -0.2) is 18.1 Å². The molecule has 1 nitrogen and oxygen atoms in total. The predicted molar refractivity (Wildman–Crippen MR) is 48.2 cm³/mol. The normalized spacial score (nSPS) is 27.4. The fourth-order valence-corrected chi connectivity index (χ4v) is 2.36. The molecule has 0 aliphatic carbocycles. The van der Waals surface area contributed by atoms with Gasteiger partial charge in [-0.05, 0) is 30.8 Å². The lowest BCUT2D eigenvalue weighted by atomic mass is 10.1. The van der Waals surface area contributed by atoms with Gasteiger partial charge in [0, 0.05) is 6.54 Å². The van der Waals surface area contributed by atoms with Crippen LogP contribution in [0.25, 0.3) is 0 Å². The molecule has 0 radical (unpaired) electrons. The minimum Gasteiger partial charge on any atom is -0.327 e. The number of hydrogen-bond acceptors (Lipinski definition) is 2.